The van der Waals surface area contributed by atoms with Crippen molar-refractivity contribution in [3.8, 4) is 0 Å². The summed E-state index contributed by atoms with van der Waals surface area (Å²) in [5, 5.41) is 10.8. The van der Waals surface area contributed by atoms with Crippen LogP contribution in [0.1, 0.15) is 35.5 Å². The highest BCUT2D eigenvalue weighted by Gasteiger charge is 2.53. The first kappa shape index (κ1) is 20.6. The first-order chi connectivity index (χ1) is 17.5. The van der Waals surface area contributed by atoms with Crippen molar-refractivity contribution in [2.45, 2.75) is 44.0 Å². The second-order valence-corrected chi connectivity index (χ2v) is 10.4. The van der Waals surface area contributed by atoms with Gasteiger partial charge in [-0.1, -0.05) is 18.2 Å². The Bertz CT molecular complexity index is 1800. The zero-order chi connectivity index (χ0) is 24.5. The number of amides is 1. The predicted molar refractivity (Wildman–Crippen MR) is 140 cm³/mol. The third-order valence-corrected chi connectivity index (χ3v) is 8.71. The lowest BCUT2D eigenvalue weighted by molar-refractivity contribution is -0.256. The Morgan fingerprint density at radius 3 is 2.78 bits per heavy atom. The van der Waals surface area contributed by atoms with Crippen LogP contribution in [0.3, 0.4) is 0 Å². The van der Waals surface area contributed by atoms with Crippen LogP contribution in [0.4, 0.5) is 5.69 Å². The van der Waals surface area contributed by atoms with Gasteiger partial charge in [0.15, 0.2) is 5.72 Å². The van der Waals surface area contributed by atoms with Crippen molar-refractivity contribution in [1.29, 1.82) is 0 Å². The van der Waals surface area contributed by atoms with Gasteiger partial charge >= 0.3 is 0 Å². The second-order valence-electron chi connectivity index (χ2n) is 10.4. The van der Waals surface area contributed by atoms with Gasteiger partial charge in [-0.05, 0) is 43.8 Å². The number of nitrogens with one attached hydrogen (secondary N) is 2. The fourth-order valence-corrected chi connectivity index (χ4v) is 7.40. The molecule has 4 atom stereocenters. The maximum Gasteiger partial charge on any atom is 0.252 e. The molecule has 182 valence electrons. The minimum atomic E-state index is -0.789. The lowest BCUT2D eigenvalue weighted by Crippen LogP contribution is -2.59. The predicted octanol–water partition coefficient (Wildman–Crippen LogP) is 3.94. The molecule has 8 nitrogen and oxygen atoms in total. The zero-order valence-corrected chi connectivity index (χ0v) is 20.4. The van der Waals surface area contributed by atoms with Crippen molar-refractivity contribution in [1.82, 2.24) is 19.8 Å². The minimum Gasteiger partial charge on any atom is -0.399 e. The molecule has 0 radical (unpaired) electrons. The quantitative estimate of drug-likeness (QED) is 0.332. The summed E-state index contributed by atoms with van der Waals surface area (Å²) in [5.74, 6) is -0.0348. The number of nitrogens with two attached hydrogens (primary N) is 1. The number of carbonyl (C=O) groups is 1. The van der Waals surface area contributed by atoms with E-state index in [0.717, 1.165) is 61.2 Å². The highest BCUT2D eigenvalue weighted by atomic mass is 16.6. The number of benzene rings is 3. The Labute approximate surface area is 206 Å². The smallest absolute Gasteiger partial charge is 0.252 e. The Kier molecular flexibility index (Phi) is 3.77. The Morgan fingerprint density at radius 1 is 1.14 bits per heavy atom. The highest BCUT2D eigenvalue weighted by Crippen LogP contribution is 2.53. The van der Waals surface area contributed by atoms with Gasteiger partial charge in [0.2, 0.25) is 0 Å². The number of methoxy groups -OCH3 is 1. The molecular formula is C28H27N5O3. The summed E-state index contributed by atoms with van der Waals surface area (Å²) in [6.07, 6.45) is 0.237. The first-order valence-electron chi connectivity index (χ1n) is 12.5. The van der Waals surface area contributed by atoms with E-state index in [9.17, 15) is 4.79 Å². The Morgan fingerprint density at radius 2 is 1.97 bits per heavy atom. The molecular weight excluding hydrogens is 454 g/mol. The second kappa shape index (κ2) is 6.59. The van der Waals surface area contributed by atoms with E-state index in [4.69, 9.17) is 15.2 Å². The van der Waals surface area contributed by atoms with Crippen molar-refractivity contribution >= 4 is 55.2 Å². The molecule has 1 amide bonds. The van der Waals surface area contributed by atoms with E-state index in [1.807, 2.05) is 19.2 Å². The van der Waals surface area contributed by atoms with E-state index in [1.54, 1.807) is 7.11 Å². The number of fused-ring (bicyclic) bond motifs is 13. The van der Waals surface area contributed by atoms with E-state index in [2.05, 4.69) is 57.0 Å². The summed E-state index contributed by atoms with van der Waals surface area (Å²) in [4.78, 5) is 13.4. The topological polar surface area (TPSA) is 95.5 Å². The maximum atomic E-state index is 13.4. The van der Waals surface area contributed by atoms with Crippen LogP contribution in [0, 0.1) is 0 Å². The van der Waals surface area contributed by atoms with E-state index in [0.29, 0.717) is 12.2 Å². The summed E-state index contributed by atoms with van der Waals surface area (Å²) in [6, 6.07) is 14.5. The van der Waals surface area contributed by atoms with E-state index >= 15 is 0 Å². The Hall–Kier alpha value is -3.59. The van der Waals surface area contributed by atoms with E-state index < -0.39 is 5.72 Å². The molecule has 0 spiro atoms. The van der Waals surface area contributed by atoms with Crippen LogP contribution >= 0.6 is 0 Å². The summed E-state index contributed by atoms with van der Waals surface area (Å²) in [7, 11) is 3.74. The van der Waals surface area contributed by atoms with Crippen LogP contribution in [0.2, 0.25) is 0 Å². The highest BCUT2D eigenvalue weighted by molar-refractivity contribution is 6.31. The number of para-hydroxylation sites is 1. The fraction of sp³-hybridized carbons (Fsp3) is 0.321. The van der Waals surface area contributed by atoms with Crippen LogP contribution in [-0.4, -0.2) is 41.3 Å². The molecule has 8 heteroatoms. The molecule has 5 aromatic rings. The summed E-state index contributed by atoms with van der Waals surface area (Å²) in [6.45, 7) is 2.63. The average molecular weight is 482 g/mol. The number of hydrogen-bond donors (Lipinski definition) is 3. The summed E-state index contributed by atoms with van der Waals surface area (Å²) in [5.41, 5.74) is 12.2. The van der Waals surface area contributed by atoms with Gasteiger partial charge in [-0.3, -0.25) is 4.79 Å². The molecule has 36 heavy (non-hydrogen) atoms. The van der Waals surface area contributed by atoms with Crippen LogP contribution in [0.5, 0.6) is 0 Å². The number of aromatic nitrogens is 2. The van der Waals surface area contributed by atoms with E-state index in [-0.39, 0.29) is 24.3 Å². The third-order valence-electron chi connectivity index (χ3n) is 8.71. The van der Waals surface area contributed by atoms with Crippen molar-refractivity contribution in [3.05, 3.63) is 53.6 Å². The van der Waals surface area contributed by atoms with Gasteiger partial charge in [-0.25, -0.2) is 0 Å². The number of ether oxygens (including phenoxy) is 2. The molecule has 0 saturated carbocycles. The van der Waals surface area contributed by atoms with Crippen molar-refractivity contribution in [2.75, 3.05) is 19.9 Å². The van der Waals surface area contributed by atoms with Gasteiger partial charge in [0, 0.05) is 53.3 Å². The SMILES string of the molecule is CN[C@@H]1C[C@H]2O[C@@](C)([C@@H]1OC)n1c3ccccc3c3c4c(c5c6cc(N)ccc6n2c5c31)C(=O)NC4. The van der Waals surface area contributed by atoms with Crippen molar-refractivity contribution in [3.63, 3.8) is 0 Å². The monoisotopic (exact) mass is 481 g/mol. The average Bonchev–Trinajstić information content (AvgIpc) is 3.51. The van der Waals surface area contributed by atoms with Crippen LogP contribution in [0.25, 0.3) is 43.6 Å². The first-order valence-corrected chi connectivity index (χ1v) is 12.5. The van der Waals surface area contributed by atoms with Gasteiger partial charge in [-0.2, -0.15) is 0 Å². The molecule has 3 aromatic carbocycles. The molecule has 3 aliphatic rings. The summed E-state index contributed by atoms with van der Waals surface area (Å²) >= 11 is 0. The van der Waals surface area contributed by atoms with Crippen molar-refractivity contribution < 1.29 is 14.3 Å². The number of nitrogens with zero attached hydrogens (tertiary/aromatic N) is 2. The normalized spacial score (nSPS) is 26.9. The standard InChI is InChI=1S/C28H27N5O3/c1-28-26(35-3)17(30-2)11-20(36-28)32-18-9-8-13(29)10-15(18)22-23-16(12-31-27(23)34)21-14-6-4-5-7-19(14)33(28)25(21)24(22)32/h4-10,17,20,26,30H,11-12,29H2,1-3H3,(H,31,34)/t17-,20-,26-,28+/m1/s1. The van der Waals surface area contributed by atoms with Gasteiger partial charge < -0.3 is 35.0 Å². The fourth-order valence-electron chi connectivity index (χ4n) is 7.40. The van der Waals surface area contributed by atoms with Crippen molar-refractivity contribution in [2.24, 2.45) is 0 Å². The van der Waals surface area contributed by atoms with Gasteiger partial charge in [-0.15, -0.1) is 0 Å². The number of likely N-dealkylation sites (N-methyl/N-ethyl adjacent to an activating group) is 1. The Balaban J connectivity index is 1.72. The number of hydrogen-bond acceptors (Lipinski definition) is 5. The van der Waals surface area contributed by atoms with E-state index in [1.165, 1.54) is 0 Å². The lowest BCUT2D eigenvalue weighted by Gasteiger charge is -2.48. The van der Waals surface area contributed by atoms with Gasteiger partial charge in [0.25, 0.3) is 5.91 Å². The molecule has 1 fully saturated rings. The van der Waals surface area contributed by atoms with Gasteiger partial charge in [0.1, 0.15) is 12.3 Å². The number of rotatable bonds is 2. The van der Waals surface area contributed by atoms with Gasteiger partial charge in [0.05, 0.1) is 27.6 Å². The molecule has 4 N–H and O–H groups in total. The van der Waals surface area contributed by atoms with Crippen LogP contribution < -0.4 is 16.4 Å². The van der Waals surface area contributed by atoms with Crippen LogP contribution in [-0.2, 0) is 21.7 Å². The molecule has 2 bridgehead atoms. The molecule has 1 saturated heterocycles. The molecule has 8 rings (SSSR count). The minimum absolute atomic E-state index is 0.0348. The molecule has 0 aliphatic carbocycles. The van der Waals surface area contributed by atoms with Crippen LogP contribution in [0.15, 0.2) is 42.5 Å². The number of anilines is 1. The number of nitrogen functional groups attached to an aromatic ring is 1. The largest absolute Gasteiger partial charge is 0.399 e. The zero-order valence-electron chi connectivity index (χ0n) is 20.4. The third kappa shape index (κ3) is 2.16. The lowest BCUT2D eigenvalue weighted by atomic mass is 9.93. The molecule has 3 aliphatic heterocycles. The molecule has 0 unspecified atom stereocenters. The molecule has 2 aromatic heterocycles. The number of carbonyl (C=O) groups excluding carboxylic acids is 1. The molecule has 5 heterocycles. The summed E-state index contributed by atoms with van der Waals surface area (Å²) < 4.78 is 17.9. The maximum absolute atomic E-state index is 13.4.